The summed E-state index contributed by atoms with van der Waals surface area (Å²) in [6.07, 6.45) is 5.67. The molecule has 0 bridgehead atoms. The number of hydrogen-bond acceptors (Lipinski definition) is 2. The summed E-state index contributed by atoms with van der Waals surface area (Å²) < 4.78 is 28.3. The number of rotatable bonds is 5. The van der Waals surface area contributed by atoms with Crippen molar-refractivity contribution in [2.45, 2.75) is 45.1 Å². The van der Waals surface area contributed by atoms with E-state index in [0.717, 1.165) is 22.9 Å². The molecule has 1 atom stereocenters. The van der Waals surface area contributed by atoms with Gasteiger partial charge in [0.25, 0.3) is 0 Å². The number of hydrogen-bond donors (Lipinski definition) is 1. The van der Waals surface area contributed by atoms with Crippen LogP contribution in [0.1, 0.15) is 50.6 Å². The van der Waals surface area contributed by atoms with Crippen molar-refractivity contribution in [2.75, 3.05) is 5.75 Å². The van der Waals surface area contributed by atoms with Crippen LogP contribution in [0.2, 0.25) is 0 Å². The molecule has 1 aromatic rings. The second-order valence-electron chi connectivity index (χ2n) is 5.65. The lowest BCUT2D eigenvalue weighted by Gasteiger charge is -2.23. The summed E-state index contributed by atoms with van der Waals surface area (Å²) in [5.41, 5.74) is 0.972. The highest BCUT2D eigenvalue weighted by Gasteiger charge is 2.23. The normalized spacial score (nSPS) is 18.9. The average Bonchev–Trinajstić information content (AvgIpc) is 2.39. The van der Waals surface area contributed by atoms with E-state index in [4.69, 9.17) is 0 Å². The summed E-state index contributed by atoms with van der Waals surface area (Å²) in [5, 5.41) is 0. The maximum atomic E-state index is 12.3. The van der Waals surface area contributed by atoms with E-state index in [-0.39, 0.29) is 11.8 Å². The predicted molar refractivity (Wildman–Crippen MR) is 86.1 cm³/mol. The van der Waals surface area contributed by atoms with Gasteiger partial charge in [0.1, 0.15) is 0 Å². The fourth-order valence-corrected chi connectivity index (χ4v) is 5.22. The van der Waals surface area contributed by atoms with Crippen molar-refractivity contribution in [3.8, 4) is 0 Å². The minimum atomic E-state index is -3.22. The number of nitrogens with one attached hydrogen (secondary N) is 1. The van der Waals surface area contributed by atoms with Gasteiger partial charge in [-0.1, -0.05) is 53.4 Å². The van der Waals surface area contributed by atoms with Crippen LogP contribution in [0.15, 0.2) is 28.7 Å². The van der Waals surface area contributed by atoms with E-state index in [1.165, 1.54) is 19.3 Å². The summed E-state index contributed by atoms with van der Waals surface area (Å²) in [6.45, 7) is 1.89. The third kappa shape index (κ3) is 4.57. The Balaban J connectivity index is 1.98. The van der Waals surface area contributed by atoms with Crippen LogP contribution in [0.5, 0.6) is 0 Å². The Morgan fingerprint density at radius 2 is 1.90 bits per heavy atom. The molecule has 1 fully saturated rings. The van der Waals surface area contributed by atoms with Gasteiger partial charge in [-0.25, -0.2) is 13.1 Å². The number of benzene rings is 1. The monoisotopic (exact) mass is 359 g/mol. The third-order valence-corrected chi connectivity index (χ3v) is 6.25. The smallest absolute Gasteiger partial charge is 0.212 e. The first-order valence-corrected chi connectivity index (χ1v) is 9.67. The van der Waals surface area contributed by atoms with E-state index in [9.17, 15) is 8.42 Å². The summed E-state index contributed by atoms with van der Waals surface area (Å²) in [4.78, 5) is 0. The van der Waals surface area contributed by atoms with E-state index >= 15 is 0 Å². The zero-order valence-corrected chi connectivity index (χ0v) is 14.2. The molecule has 0 radical (unpaired) electrons. The molecule has 3 nitrogen and oxygen atoms in total. The van der Waals surface area contributed by atoms with Gasteiger partial charge >= 0.3 is 0 Å². The van der Waals surface area contributed by atoms with Gasteiger partial charge < -0.3 is 0 Å². The zero-order chi connectivity index (χ0) is 14.6. The zero-order valence-electron chi connectivity index (χ0n) is 11.8. The maximum absolute atomic E-state index is 12.3. The lowest BCUT2D eigenvalue weighted by molar-refractivity contribution is 0.383. The molecular formula is C15H22BrNO2S. The van der Waals surface area contributed by atoms with Crippen LogP contribution in [0.25, 0.3) is 0 Å². The molecule has 0 amide bonds. The molecule has 1 aromatic carbocycles. The molecular weight excluding hydrogens is 338 g/mol. The van der Waals surface area contributed by atoms with Crippen molar-refractivity contribution >= 4 is 26.0 Å². The molecule has 1 aliphatic rings. The Bertz CT molecular complexity index is 539. The molecule has 2 rings (SSSR count). The van der Waals surface area contributed by atoms with Crippen LogP contribution in [0.4, 0.5) is 0 Å². The van der Waals surface area contributed by atoms with Crippen molar-refractivity contribution in [3.05, 3.63) is 34.3 Å². The van der Waals surface area contributed by atoms with Crippen molar-refractivity contribution in [1.82, 2.24) is 4.72 Å². The molecule has 112 valence electrons. The Hall–Kier alpha value is -0.390. The lowest BCUT2D eigenvalue weighted by atomic mass is 9.91. The quantitative estimate of drug-likeness (QED) is 0.862. The van der Waals surface area contributed by atoms with Crippen LogP contribution in [-0.4, -0.2) is 14.2 Å². The Labute approximate surface area is 130 Å². The predicted octanol–water partition coefficient (Wildman–Crippen LogP) is 4.01. The van der Waals surface area contributed by atoms with Crippen LogP contribution < -0.4 is 4.72 Å². The van der Waals surface area contributed by atoms with Crippen LogP contribution in [-0.2, 0) is 10.0 Å². The van der Waals surface area contributed by atoms with Crippen LogP contribution in [0, 0.1) is 5.92 Å². The average molecular weight is 360 g/mol. The summed E-state index contributed by atoms with van der Waals surface area (Å²) in [5.74, 6) is 0.592. The summed E-state index contributed by atoms with van der Waals surface area (Å²) in [6, 6.07) is 7.52. The van der Waals surface area contributed by atoms with Gasteiger partial charge in [-0.2, -0.15) is 0 Å². The highest BCUT2D eigenvalue weighted by molar-refractivity contribution is 9.10. The molecule has 1 unspecified atom stereocenters. The fourth-order valence-electron chi connectivity index (χ4n) is 2.87. The van der Waals surface area contributed by atoms with Gasteiger partial charge in [0.2, 0.25) is 10.0 Å². The highest BCUT2D eigenvalue weighted by atomic mass is 79.9. The molecule has 0 aliphatic heterocycles. The van der Waals surface area contributed by atoms with Crippen LogP contribution in [0.3, 0.4) is 0 Å². The van der Waals surface area contributed by atoms with E-state index in [0.29, 0.717) is 5.92 Å². The Kier molecular flexibility index (Phi) is 5.64. The number of halogens is 1. The summed E-state index contributed by atoms with van der Waals surface area (Å²) in [7, 11) is -3.22. The van der Waals surface area contributed by atoms with E-state index in [1.54, 1.807) is 0 Å². The van der Waals surface area contributed by atoms with Crippen LogP contribution >= 0.6 is 15.9 Å². The van der Waals surface area contributed by atoms with Gasteiger partial charge in [0, 0.05) is 10.5 Å². The SMILES string of the molecule is CC(NS(=O)(=O)CC1CCCCC1)c1ccccc1Br. The fraction of sp³-hybridized carbons (Fsp3) is 0.600. The maximum Gasteiger partial charge on any atom is 0.212 e. The van der Waals surface area contributed by atoms with Gasteiger partial charge in [-0.3, -0.25) is 0 Å². The topological polar surface area (TPSA) is 46.2 Å². The van der Waals surface area contributed by atoms with E-state index in [2.05, 4.69) is 20.7 Å². The van der Waals surface area contributed by atoms with Crippen molar-refractivity contribution in [1.29, 1.82) is 0 Å². The third-order valence-electron chi connectivity index (χ3n) is 3.91. The first-order valence-electron chi connectivity index (χ1n) is 7.22. The molecule has 0 heterocycles. The number of sulfonamides is 1. The molecule has 0 saturated heterocycles. The molecule has 5 heteroatoms. The minimum Gasteiger partial charge on any atom is -0.212 e. The van der Waals surface area contributed by atoms with Crippen molar-refractivity contribution in [3.63, 3.8) is 0 Å². The minimum absolute atomic E-state index is 0.209. The first kappa shape index (κ1) is 16.0. The van der Waals surface area contributed by atoms with Crippen molar-refractivity contribution < 1.29 is 8.42 Å². The largest absolute Gasteiger partial charge is 0.212 e. The Morgan fingerprint density at radius 3 is 2.55 bits per heavy atom. The van der Waals surface area contributed by atoms with E-state index < -0.39 is 10.0 Å². The second kappa shape index (κ2) is 7.05. The van der Waals surface area contributed by atoms with Gasteiger partial charge in [-0.15, -0.1) is 0 Å². The Morgan fingerprint density at radius 1 is 1.25 bits per heavy atom. The molecule has 0 spiro atoms. The van der Waals surface area contributed by atoms with Gasteiger partial charge in [-0.05, 0) is 37.3 Å². The standard InChI is InChI=1S/C15H22BrNO2S/c1-12(14-9-5-6-10-15(14)16)17-20(18,19)11-13-7-3-2-4-8-13/h5-6,9-10,12-13,17H,2-4,7-8,11H2,1H3. The molecule has 1 saturated carbocycles. The first-order chi connectivity index (χ1) is 9.48. The highest BCUT2D eigenvalue weighted by Crippen LogP contribution is 2.26. The van der Waals surface area contributed by atoms with Gasteiger partial charge in [0.15, 0.2) is 0 Å². The van der Waals surface area contributed by atoms with Crippen molar-refractivity contribution in [2.24, 2.45) is 5.92 Å². The van der Waals surface area contributed by atoms with Gasteiger partial charge in [0.05, 0.1) is 5.75 Å². The summed E-state index contributed by atoms with van der Waals surface area (Å²) >= 11 is 3.47. The molecule has 1 aliphatic carbocycles. The lowest BCUT2D eigenvalue weighted by Crippen LogP contribution is -2.32. The molecule has 20 heavy (non-hydrogen) atoms. The molecule has 0 aromatic heterocycles. The molecule has 1 N–H and O–H groups in total. The second-order valence-corrected chi connectivity index (χ2v) is 8.30. The van der Waals surface area contributed by atoms with E-state index in [1.807, 2.05) is 31.2 Å².